The Morgan fingerprint density at radius 1 is 1.30 bits per heavy atom. The number of carboxylic acid groups (broad SMARTS) is 1. The Bertz CT molecular complexity index is 664. The molecule has 0 aliphatic carbocycles. The first-order valence-electron chi connectivity index (χ1n) is 6.64. The van der Waals surface area contributed by atoms with Crippen LogP contribution in [0, 0.1) is 0 Å². The topological polar surface area (TPSA) is 74.9 Å². The van der Waals surface area contributed by atoms with E-state index in [1.807, 2.05) is 12.1 Å². The number of aromatic nitrogens is 2. The quantitative estimate of drug-likeness (QED) is 0.897. The predicted octanol–water partition coefficient (Wildman–Crippen LogP) is 1.41. The Morgan fingerprint density at radius 3 is 2.95 bits per heavy atom. The molecule has 1 fully saturated rings. The summed E-state index contributed by atoms with van der Waals surface area (Å²) in [5.74, 6) is -1.19. The van der Waals surface area contributed by atoms with Crippen LogP contribution >= 0.6 is 0 Å². The molecule has 1 saturated heterocycles. The lowest BCUT2D eigenvalue weighted by Crippen LogP contribution is -2.47. The van der Waals surface area contributed by atoms with Crippen LogP contribution in [0.25, 0.3) is 5.52 Å². The summed E-state index contributed by atoms with van der Waals surface area (Å²) in [6.45, 7) is 0.486. The van der Waals surface area contributed by atoms with E-state index in [2.05, 4.69) is 5.10 Å². The SMILES string of the molecule is O=C(O)C1CCCCN1C(=O)c1cnn2ccccc12. The van der Waals surface area contributed by atoms with E-state index in [0.717, 1.165) is 12.8 Å². The zero-order valence-corrected chi connectivity index (χ0v) is 10.9. The second kappa shape index (κ2) is 4.96. The van der Waals surface area contributed by atoms with Crippen LogP contribution in [0.5, 0.6) is 0 Å². The monoisotopic (exact) mass is 273 g/mol. The van der Waals surface area contributed by atoms with Gasteiger partial charge in [0.25, 0.3) is 5.91 Å². The van der Waals surface area contributed by atoms with Crippen molar-refractivity contribution in [3.63, 3.8) is 0 Å². The lowest BCUT2D eigenvalue weighted by Gasteiger charge is -2.32. The molecule has 1 unspecified atom stereocenters. The maximum absolute atomic E-state index is 12.6. The van der Waals surface area contributed by atoms with Gasteiger partial charge in [-0.3, -0.25) is 4.79 Å². The van der Waals surface area contributed by atoms with Crippen molar-refractivity contribution in [3.8, 4) is 0 Å². The molecule has 1 N–H and O–H groups in total. The molecule has 0 bridgehead atoms. The summed E-state index contributed by atoms with van der Waals surface area (Å²) in [6.07, 6.45) is 5.46. The highest BCUT2D eigenvalue weighted by atomic mass is 16.4. The van der Waals surface area contributed by atoms with Crippen molar-refractivity contribution in [2.24, 2.45) is 0 Å². The Labute approximate surface area is 115 Å². The molecule has 0 aromatic carbocycles. The van der Waals surface area contributed by atoms with E-state index in [-0.39, 0.29) is 5.91 Å². The normalized spacial score (nSPS) is 19.2. The lowest BCUT2D eigenvalue weighted by molar-refractivity contribution is -0.143. The largest absolute Gasteiger partial charge is 0.480 e. The smallest absolute Gasteiger partial charge is 0.326 e. The average molecular weight is 273 g/mol. The van der Waals surface area contributed by atoms with Gasteiger partial charge in [-0.25, -0.2) is 9.31 Å². The summed E-state index contributed by atoms with van der Waals surface area (Å²) in [6, 6.07) is 4.74. The molecule has 6 heteroatoms. The predicted molar refractivity (Wildman–Crippen MR) is 71.5 cm³/mol. The summed E-state index contributed by atoms with van der Waals surface area (Å²) in [4.78, 5) is 25.3. The fraction of sp³-hybridized carbons (Fsp3) is 0.357. The molecule has 1 aliphatic rings. The number of carboxylic acids is 1. The first-order valence-corrected chi connectivity index (χ1v) is 6.64. The van der Waals surface area contributed by atoms with Crippen molar-refractivity contribution >= 4 is 17.4 Å². The van der Waals surface area contributed by atoms with Crippen molar-refractivity contribution in [3.05, 3.63) is 36.2 Å². The zero-order valence-electron chi connectivity index (χ0n) is 10.9. The molecule has 0 saturated carbocycles. The number of carbonyl (C=O) groups is 2. The minimum atomic E-state index is -0.936. The fourth-order valence-corrected chi connectivity index (χ4v) is 2.69. The van der Waals surface area contributed by atoms with E-state index in [1.165, 1.54) is 11.1 Å². The first-order chi connectivity index (χ1) is 9.68. The van der Waals surface area contributed by atoms with Crippen molar-refractivity contribution in [1.82, 2.24) is 14.5 Å². The molecule has 20 heavy (non-hydrogen) atoms. The van der Waals surface area contributed by atoms with Crippen LogP contribution in [-0.4, -0.2) is 44.1 Å². The highest BCUT2D eigenvalue weighted by Crippen LogP contribution is 2.21. The highest BCUT2D eigenvalue weighted by Gasteiger charge is 2.33. The van der Waals surface area contributed by atoms with E-state index in [9.17, 15) is 14.7 Å². The van der Waals surface area contributed by atoms with Crippen molar-refractivity contribution in [2.45, 2.75) is 25.3 Å². The number of nitrogens with zero attached hydrogens (tertiary/aromatic N) is 3. The average Bonchev–Trinajstić information content (AvgIpc) is 2.90. The molecule has 1 atom stereocenters. The number of aliphatic carboxylic acids is 1. The number of likely N-dealkylation sites (tertiary alicyclic amines) is 1. The second-order valence-electron chi connectivity index (χ2n) is 4.94. The third-order valence-electron chi connectivity index (χ3n) is 3.71. The van der Waals surface area contributed by atoms with E-state index in [1.54, 1.807) is 16.8 Å². The van der Waals surface area contributed by atoms with Gasteiger partial charge in [0, 0.05) is 12.7 Å². The molecule has 0 radical (unpaired) electrons. The molecule has 6 nitrogen and oxygen atoms in total. The molecule has 1 amide bonds. The van der Waals surface area contributed by atoms with Crippen LogP contribution in [0.4, 0.5) is 0 Å². The van der Waals surface area contributed by atoms with Gasteiger partial charge in [0.15, 0.2) is 0 Å². The summed E-state index contributed by atoms with van der Waals surface area (Å²) in [5, 5.41) is 13.4. The molecule has 3 rings (SSSR count). The number of hydrogen-bond donors (Lipinski definition) is 1. The van der Waals surface area contributed by atoms with Crippen LogP contribution in [0.15, 0.2) is 30.6 Å². The first kappa shape index (κ1) is 12.7. The minimum Gasteiger partial charge on any atom is -0.480 e. The molecule has 0 spiro atoms. The standard InChI is InChI=1S/C14H15N3O3/c18-13(16-7-3-1-6-12(16)14(19)20)10-9-15-17-8-4-2-5-11(10)17/h2,4-5,8-9,12H,1,3,6-7H2,(H,19,20). The van der Waals surface area contributed by atoms with Crippen LogP contribution in [-0.2, 0) is 4.79 Å². The number of pyridine rings is 1. The number of carbonyl (C=O) groups excluding carboxylic acids is 1. The Balaban J connectivity index is 1.96. The fourth-order valence-electron chi connectivity index (χ4n) is 2.69. The van der Waals surface area contributed by atoms with Crippen LogP contribution in [0.3, 0.4) is 0 Å². The molecule has 3 heterocycles. The molecule has 2 aromatic heterocycles. The third kappa shape index (κ3) is 2.03. The van der Waals surface area contributed by atoms with Gasteiger partial charge >= 0.3 is 5.97 Å². The van der Waals surface area contributed by atoms with Gasteiger partial charge < -0.3 is 10.0 Å². The van der Waals surface area contributed by atoms with Gasteiger partial charge in [-0.05, 0) is 31.4 Å². The van der Waals surface area contributed by atoms with Crippen molar-refractivity contribution < 1.29 is 14.7 Å². The molecular formula is C14H15N3O3. The molecular weight excluding hydrogens is 258 g/mol. The number of rotatable bonds is 2. The van der Waals surface area contributed by atoms with Gasteiger partial charge in [0.1, 0.15) is 6.04 Å². The lowest BCUT2D eigenvalue weighted by atomic mass is 10.0. The van der Waals surface area contributed by atoms with Crippen molar-refractivity contribution in [2.75, 3.05) is 6.54 Å². The zero-order chi connectivity index (χ0) is 14.1. The summed E-state index contributed by atoms with van der Waals surface area (Å²) in [7, 11) is 0. The van der Waals surface area contributed by atoms with Crippen LogP contribution in [0.1, 0.15) is 29.6 Å². The maximum Gasteiger partial charge on any atom is 0.326 e. The van der Waals surface area contributed by atoms with E-state index >= 15 is 0 Å². The summed E-state index contributed by atoms with van der Waals surface area (Å²) in [5.41, 5.74) is 1.16. The maximum atomic E-state index is 12.6. The second-order valence-corrected chi connectivity index (χ2v) is 4.94. The number of fused-ring (bicyclic) bond motifs is 1. The Morgan fingerprint density at radius 2 is 2.15 bits per heavy atom. The van der Waals surface area contributed by atoms with E-state index in [0.29, 0.717) is 24.0 Å². The van der Waals surface area contributed by atoms with Crippen LogP contribution in [0.2, 0.25) is 0 Å². The van der Waals surface area contributed by atoms with Gasteiger partial charge in [-0.2, -0.15) is 5.10 Å². The Kier molecular flexibility index (Phi) is 3.14. The third-order valence-corrected chi connectivity index (χ3v) is 3.71. The van der Waals surface area contributed by atoms with E-state index < -0.39 is 12.0 Å². The van der Waals surface area contributed by atoms with Crippen molar-refractivity contribution in [1.29, 1.82) is 0 Å². The van der Waals surface area contributed by atoms with E-state index in [4.69, 9.17) is 0 Å². The summed E-state index contributed by atoms with van der Waals surface area (Å²) >= 11 is 0. The van der Waals surface area contributed by atoms with Gasteiger partial charge in [0.2, 0.25) is 0 Å². The van der Waals surface area contributed by atoms with Gasteiger partial charge in [-0.15, -0.1) is 0 Å². The molecule has 2 aromatic rings. The molecule has 104 valence electrons. The minimum absolute atomic E-state index is 0.252. The molecule has 1 aliphatic heterocycles. The van der Waals surface area contributed by atoms with Gasteiger partial charge in [-0.1, -0.05) is 6.07 Å². The number of hydrogen-bond acceptors (Lipinski definition) is 3. The number of amides is 1. The summed E-state index contributed by atoms with van der Waals surface area (Å²) < 4.78 is 1.62. The number of piperidine rings is 1. The van der Waals surface area contributed by atoms with Crippen LogP contribution < -0.4 is 0 Å². The highest BCUT2D eigenvalue weighted by molar-refractivity contribution is 6.02. The van der Waals surface area contributed by atoms with Gasteiger partial charge in [0.05, 0.1) is 17.3 Å². The Hall–Kier alpha value is -2.37.